The molecule has 3 heteroatoms. The Hall–Kier alpha value is -1.48. The fraction of sp³-hybridized carbons (Fsp3) is 0.294. The van der Waals surface area contributed by atoms with Gasteiger partial charge in [-0.05, 0) is 49.6 Å². The monoisotopic (exact) mass is 334 g/mol. The average molecular weight is 335 g/mol. The van der Waals surface area contributed by atoms with Crippen LogP contribution in [0.4, 0.5) is 0 Å². The number of halogens is 1. The molecule has 0 aliphatic rings. The number of aryl methyl sites for hydroxylation is 3. The molecular weight excluding hydrogens is 316 g/mol. The molecule has 0 heterocycles. The van der Waals surface area contributed by atoms with Gasteiger partial charge in [-0.1, -0.05) is 34.1 Å². The molecule has 0 saturated heterocycles. The third kappa shape index (κ3) is 3.15. The summed E-state index contributed by atoms with van der Waals surface area (Å²) in [5.74, 6) is 1.81. The van der Waals surface area contributed by atoms with Crippen LogP contribution in [0.2, 0.25) is 0 Å². The van der Waals surface area contributed by atoms with Crippen molar-refractivity contribution in [2.75, 3.05) is 7.11 Å². The van der Waals surface area contributed by atoms with Crippen molar-refractivity contribution in [1.82, 2.24) is 0 Å². The first-order valence-corrected chi connectivity index (χ1v) is 7.34. The van der Waals surface area contributed by atoms with Gasteiger partial charge in [0.25, 0.3) is 0 Å². The highest BCUT2D eigenvalue weighted by atomic mass is 79.9. The van der Waals surface area contributed by atoms with Gasteiger partial charge in [-0.3, -0.25) is 0 Å². The predicted molar refractivity (Wildman–Crippen MR) is 85.7 cm³/mol. The van der Waals surface area contributed by atoms with Crippen LogP contribution in [0.5, 0.6) is 11.5 Å². The molecule has 0 spiro atoms. The maximum Gasteiger partial charge on any atom is 0.125 e. The zero-order chi connectivity index (χ0) is 14.7. The van der Waals surface area contributed by atoms with Gasteiger partial charge in [-0.15, -0.1) is 0 Å². The lowest BCUT2D eigenvalue weighted by atomic mass is 10.1. The lowest BCUT2D eigenvalue weighted by molar-refractivity contribution is 0.300. The Morgan fingerprint density at radius 3 is 2.25 bits per heavy atom. The van der Waals surface area contributed by atoms with Crippen molar-refractivity contribution in [2.45, 2.75) is 27.4 Å². The minimum Gasteiger partial charge on any atom is -0.497 e. The molecule has 0 aliphatic carbocycles. The minimum absolute atomic E-state index is 0.518. The molecular formula is C17H19BrO2. The van der Waals surface area contributed by atoms with Crippen LogP contribution in [0.25, 0.3) is 0 Å². The molecule has 0 fully saturated rings. The normalized spacial score (nSPS) is 10.4. The Labute approximate surface area is 128 Å². The van der Waals surface area contributed by atoms with E-state index in [1.165, 1.54) is 0 Å². The molecule has 0 saturated carbocycles. The third-order valence-electron chi connectivity index (χ3n) is 3.32. The summed E-state index contributed by atoms with van der Waals surface area (Å²) in [7, 11) is 1.68. The van der Waals surface area contributed by atoms with Crippen LogP contribution >= 0.6 is 15.9 Å². The smallest absolute Gasteiger partial charge is 0.125 e. The maximum atomic E-state index is 6.00. The summed E-state index contributed by atoms with van der Waals surface area (Å²) in [5.41, 5.74) is 4.54. The number of hydrogen-bond donors (Lipinski definition) is 0. The van der Waals surface area contributed by atoms with E-state index in [0.717, 1.165) is 38.2 Å². The second-order valence-corrected chi connectivity index (χ2v) is 5.72. The van der Waals surface area contributed by atoms with Crippen molar-refractivity contribution < 1.29 is 9.47 Å². The second-order valence-electron chi connectivity index (χ2n) is 4.93. The number of para-hydroxylation sites is 1. The topological polar surface area (TPSA) is 18.5 Å². The maximum absolute atomic E-state index is 6.00. The van der Waals surface area contributed by atoms with E-state index in [0.29, 0.717) is 6.61 Å². The van der Waals surface area contributed by atoms with Gasteiger partial charge in [0.2, 0.25) is 0 Å². The summed E-state index contributed by atoms with van der Waals surface area (Å²) >= 11 is 3.62. The van der Waals surface area contributed by atoms with Crippen molar-refractivity contribution in [3.8, 4) is 11.5 Å². The van der Waals surface area contributed by atoms with Crippen molar-refractivity contribution in [3.05, 3.63) is 57.1 Å². The van der Waals surface area contributed by atoms with Crippen LogP contribution in [-0.4, -0.2) is 7.11 Å². The Morgan fingerprint density at radius 2 is 1.65 bits per heavy atom. The molecule has 0 radical (unpaired) electrons. The fourth-order valence-electron chi connectivity index (χ4n) is 2.21. The van der Waals surface area contributed by atoms with Gasteiger partial charge in [0, 0.05) is 10.0 Å². The molecule has 2 rings (SSSR count). The molecule has 106 valence electrons. The SMILES string of the molecule is COc1cc(C)c(Br)c(COc2c(C)cccc2C)c1. The van der Waals surface area contributed by atoms with Crippen LogP contribution in [-0.2, 0) is 6.61 Å². The first-order valence-electron chi connectivity index (χ1n) is 6.55. The van der Waals surface area contributed by atoms with Gasteiger partial charge in [0.05, 0.1) is 7.11 Å². The van der Waals surface area contributed by atoms with Gasteiger partial charge in [0.1, 0.15) is 18.1 Å². The molecule has 2 aromatic rings. The van der Waals surface area contributed by atoms with Crippen molar-refractivity contribution in [2.24, 2.45) is 0 Å². The summed E-state index contributed by atoms with van der Waals surface area (Å²) in [6.07, 6.45) is 0. The highest BCUT2D eigenvalue weighted by Gasteiger charge is 2.09. The number of methoxy groups -OCH3 is 1. The Bertz CT molecular complexity index is 600. The first-order chi connectivity index (χ1) is 9.52. The molecule has 0 bridgehead atoms. The summed E-state index contributed by atoms with van der Waals surface area (Å²) in [6.45, 7) is 6.70. The standard InChI is InChI=1S/C17H19BrO2/c1-11-6-5-7-12(2)17(11)20-10-14-9-15(19-4)8-13(3)16(14)18/h5-9H,10H2,1-4H3. The summed E-state index contributed by atoms with van der Waals surface area (Å²) in [4.78, 5) is 0. The van der Waals surface area contributed by atoms with Crippen molar-refractivity contribution in [1.29, 1.82) is 0 Å². The van der Waals surface area contributed by atoms with E-state index >= 15 is 0 Å². The molecule has 0 unspecified atom stereocenters. The van der Waals surface area contributed by atoms with Gasteiger partial charge in [-0.25, -0.2) is 0 Å². The predicted octanol–water partition coefficient (Wildman–Crippen LogP) is 4.96. The van der Waals surface area contributed by atoms with Crippen LogP contribution in [0, 0.1) is 20.8 Å². The molecule has 0 aromatic heterocycles. The molecule has 0 aliphatic heterocycles. The highest BCUT2D eigenvalue weighted by molar-refractivity contribution is 9.10. The average Bonchev–Trinajstić information content (AvgIpc) is 2.42. The number of rotatable bonds is 4. The molecule has 0 amide bonds. The van der Waals surface area contributed by atoms with Crippen molar-refractivity contribution in [3.63, 3.8) is 0 Å². The lowest BCUT2D eigenvalue weighted by Gasteiger charge is -2.14. The van der Waals surface area contributed by atoms with Gasteiger partial charge in [0.15, 0.2) is 0 Å². The van der Waals surface area contributed by atoms with Crippen LogP contribution in [0.1, 0.15) is 22.3 Å². The van der Waals surface area contributed by atoms with Crippen LogP contribution in [0.3, 0.4) is 0 Å². The van der Waals surface area contributed by atoms with Gasteiger partial charge < -0.3 is 9.47 Å². The zero-order valence-electron chi connectivity index (χ0n) is 12.3. The van der Waals surface area contributed by atoms with E-state index in [-0.39, 0.29) is 0 Å². The molecule has 2 aromatic carbocycles. The van der Waals surface area contributed by atoms with E-state index in [1.807, 2.05) is 18.2 Å². The van der Waals surface area contributed by atoms with Crippen LogP contribution in [0.15, 0.2) is 34.8 Å². The molecule has 20 heavy (non-hydrogen) atoms. The van der Waals surface area contributed by atoms with Crippen molar-refractivity contribution >= 4 is 15.9 Å². The third-order valence-corrected chi connectivity index (χ3v) is 4.45. The molecule has 0 atom stereocenters. The lowest BCUT2D eigenvalue weighted by Crippen LogP contribution is -2.01. The van der Waals surface area contributed by atoms with E-state index in [9.17, 15) is 0 Å². The number of hydrogen-bond acceptors (Lipinski definition) is 2. The number of benzene rings is 2. The Morgan fingerprint density at radius 1 is 1.00 bits per heavy atom. The minimum atomic E-state index is 0.518. The summed E-state index contributed by atoms with van der Waals surface area (Å²) in [6, 6.07) is 10.2. The van der Waals surface area contributed by atoms with Gasteiger partial charge >= 0.3 is 0 Å². The Kier molecular flexibility index (Phi) is 4.71. The van der Waals surface area contributed by atoms with E-state index in [1.54, 1.807) is 7.11 Å². The Balaban J connectivity index is 2.25. The zero-order valence-corrected chi connectivity index (χ0v) is 13.9. The molecule has 2 nitrogen and oxygen atoms in total. The van der Waals surface area contributed by atoms with E-state index < -0.39 is 0 Å². The van der Waals surface area contributed by atoms with Gasteiger partial charge in [-0.2, -0.15) is 0 Å². The highest BCUT2D eigenvalue weighted by Crippen LogP contribution is 2.29. The fourth-order valence-corrected chi connectivity index (χ4v) is 2.55. The summed E-state index contributed by atoms with van der Waals surface area (Å²) < 4.78 is 12.4. The van der Waals surface area contributed by atoms with E-state index in [4.69, 9.17) is 9.47 Å². The molecule has 0 N–H and O–H groups in total. The number of ether oxygens (including phenoxy) is 2. The van der Waals surface area contributed by atoms with Crippen LogP contribution < -0.4 is 9.47 Å². The summed E-state index contributed by atoms with van der Waals surface area (Å²) in [5, 5.41) is 0. The second kappa shape index (κ2) is 6.31. The van der Waals surface area contributed by atoms with E-state index in [2.05, 4.69) is 48.8 Å². The largest absolute Gasteiger partial charge is 0.497 e. The first kappa shape index (κ1) is 14.9. The quantitative estimate of drug-likeness (QED) is 0.786.